The van der Waals surface area contributed by atoms with Crippen LogP contribution >= 0.6 is 0 Å². The molecule has 0 spiro atoms. The standard InChI is InChI=1S/C28H23N2O.C17H22GeN.Ir/c1-2-9-21(10-3-1)22-14-16-30-28-26(22)24-12-6-11-23(27(24)31-28)25-18-20(13-15-29-25)17-19-7-4-5-8-19;1-13(2)15-11-17(14-9-7-6-8-10-14)19-12-16(15)18(3,4)5;/h1-3,6,9-10,12-16,18-19H,4-5,7-8,17H2;6-9,11-13H,1-5H3;/q2*-1;. The summed E-state index contributed by atoms with van der Waals surface area (Å²) in [7, 11) is 0. The Bertz CT molecular complexity index is 2220. The molecule has 0 amide bonds. The van der Waals surface area contributed by atoms with E-state index in [4.69, 9.17) is 4.42 Å². The van der Waals surface area contributed by atoms with Crippen LogP contribution in [0.1, 0.15) is 56.6 Å². The van der Waals surface area contributed by atoms with Gasteiger partial charge >= 0.3 is 119 Å². The van der Waals surface area contributed by atoms with E-state index in [0.717, 1.165) is 62.3 Å². The smallest absolute Gasteiger partial charge is 0.216 e. The van der Waals surface area contributed by atoms with Crippen molar-refractivity contribution in [2.75, 3.05) is 0 Å². The fraction of sp³-hybridized carbons (Fsp3) is 0.267. The van der Waals surface area contributed by atoms with Gasteiger partial charge in [0.1, 0.15) is 0 Å². The molecule has 0 N–H and O–H groups in total. The maximum atomic E-state index is 6.29. The molecule has 7 aromatic rings. The summed E-state index contributed by atoms with van der Waals surface area (Å²) in [5, 5.41) is 2.10. The van der Waals surface area contributed by atoms with E-state index in [9.17, 15) is 0 Å². The zero-order chi connectivity index (χ0) is 34.7. The van der Waals surface area contributed by atoms with Gasteiger partial charge in [-0.05, 0) is 41.3 Å². The molecule has 4 aromatic heterocycles. The van der Waals surface area contributed by atoms with Crippen LogP contribution in [0.4, 0.5) is 0 Å². The van der Waals surface area contributed by atoms with Crippen LogP contribution in [-0.2, 0) is 26.5 Å². The van der Waals surface area contributed by atoms with E-state index in [1.165, 1.54) is 41.2 Å². The molecule has 1 aliphatic rings. The minimum Gasteiger partial charge on any atom is -0.486 e. The predicted octanol–water partition coefficient (Wildman–Crippen LogP) is 11.5. The van der Waals surface area contributed by atoms with E-state index >= 15 is 0 Å². The normalized spacial score (nSPS) is 13.3. The third-order valence-electron chi connectivity index (χ3n) is 9.85. The summed E-state index contributed by atoms with van der Waals surface area (Å²) < 4.78 is 7.81. The van der Waals surface area contributed by atoms with Crippen LogP contribution in [0.15, 0.2) is 114 Å². The van der Waals surface area contributed by atoms with Gasteiger partial charge in [0.05, 0.1) is 5.58 Å². The summed E-state index contributed by atoms with van der Waals surface area (Å²) in [6.07, 6.45) is 12.4. The first-order valence-electron chi connectivity index (χ1n) is 18.0. The molecule has 0 atom stereocenters. The van der Waals surface area contributed by atoms with Crippen molar-refractivity contribution < 1.29 is 24.5 Å². The number of fused-ring (bicyclic) bond motifs is 3. The van der Waals surface area contributed by atoms with Crippen LogP contribution < -0.4 is 4.40 Å². The van der Waals surface area contributed by atoms with Crippen LogP contribution in [-0.4, -0.2) is 28.2 Å². The van der Waals surface area contributed by atoms with Crippen LogP contribution in [0, 0.1) is 18.1 Å². The molecule has 6 heteroatoms. The van der Waals surface area contributed by atoms with Gasteiger partial charge in [-0.15, -0.1) is 18.2 Å². The van der Waals surface area contributed by atoms with Gasteiger partial charge in [0.15, 0.2) is 0 Å². The van der Waals surface area contributed by atoms with Gasteiger partial charge in [-0.2, -0.15) is 0 Å². The Hall–Kier alpha value is -3.90. The van der Waals surface area contributed by atoms with Crippen molar-refractivity contribution in [1.29, 1.82) is 0 Å². The second-order valence-electron chi connectivity index (χ2n) is 14.8. The summed E-state index contributed by atoms with van der Waals surface area (Å²) in [5.41, 5.74) is 10.5. The van der Waals surface area contributed by atoms with E-state index in [-0.39, 0.29) is 20.1 Å². The number of benzene rings is 3. The fourth-order valence-corrected chi connectivity index (χ4v) is 10.8. The number of hydrogen-bond donors (Lipinski definition) is 0. The summed E-state index contributed by atoms with van der Waals surface area (Å²) in [6, 6.07) is 37.8. The third kappa shape index (κ3) is 8.27. The van der Waals surface area contributed by atoms with E-state index in [2.05, 4.69) is 125 Å². The minimum absolute atomic E-state index is 0. The van der Waals surface area contributed by atoms with Gasteiger partial charge in [0.25, 0.3) is 0 Å². The largest absolute Gasteiger partial charge is 0.486 e. The van der Waals surface area contributed by atoms with Crippen LogP contribution in [0.25, 0.3) is 55.7 Å². The molecule has 0 bridgehead atoms. The molecular formula is C45H45GeIrN3O-2. The minimum atomic E-state index is -1.85. The summed E-state index contributed by atoms with van der Waals surface area (Å²) in [4.78, 5) is 13.9. The Morgan fingerprint density at radius 1 is 0.804 bits per heavy atom. The Morgan fingerprint density at radius 2 is 1.57 bits per heavy atom. The van der Waals surface area contributed by atoms with Gasteiger partial charge in [0, 0.05) is 37.9 Å². The summed E-state index contributed by atoms with van der Waals surface area (Å²) in [6.45, 7) is 4.54. The van der Waals surface area contributed by atoms with Crippen LogP contribution in [0.3, 0.4) is 0 Å². The molecule has 0 unspecified atom stereocenters. The molecule has 0 saturated heterocycles. The van der Waals surface area contributed by atoms with Crippen molar-refractivity contribution in [1.82, 2.24) is 15.0 Å². The van der Waals surface area contributed by atoms with Gasteiger partial charge in [-0.1, -0.05) is 78.6 Å². The van der Waals surface area contributed by atoms with E-state index in [1.54, 1.807) is 0 Å². The Labute approximate surface area is 318 Å². The molecule has 1 radical (unpaired) electrons. The molecule has 4 heterocycles. The van der Waals surface area contributed by atoms with Crippen molar-refractivity contribution in [2.24, 2.45) is 5.92 Å². The van der Waals surface area contributed by atoms with Crippen molar-refractivity contribution in [3.63, 3.8) is 0 Å². The van der Waals surface area contributed by atoms with Gasteiger partial charge in [-0.25, -0.2) is 4.98 Å². The maximum absolute atomic E-state index is 6.29. The number of pyridine rings is 3. The average Bonchev–Trinajstić information content (AvgIpc) is 3.80. The molecule has 4 nitrogen and oxygen atoms in total. The predicted molar refractivity (Wildman–Crippen MR) is 210 cm³/mol. The fourth-order valence-electron chi connectivity index (χ4n) is 7.27. The molecule has 51 heavy (non-hydrogen) atoms. The number of aromatic nitrogens is 3. The monoisotopic (exact) mass is 910 g/mol. The van der Waals surface area contributed by atoms with E-state index < -0.39 is 13.3 Å². The number of nitrogens with zero attached hydrogens (tertiary/aromatic N) is 3. The van der Waals surface area contributed by atoms with Gasteiger partial charge in [-0.3, -0.25) is 0 Å². The Kier molecular flexibility index (Phi) is 11.7. The van der Waals surface area contributed by atoms with E-state index in [0.29, 0.717) is 11.6 Å². The topological polar surface area (TPSA) is 51.8 Å². The number of hydrogen-bond acceptors (Lipinski definition) is 4. The van der Waals surface area contributed by atoms with Crippen molar-refractivity contribution in [3.05, 3.63) is 133 Å². The first-order valence-corrected chi connectivity index (χ1v) is 25.3. The average molecular weight is 909 g/mol. The van der Waals surface area contributed by atoms with Crippen molar-refractivity contribution >= 4 is 39.7 Å². The van der Waals surface area contributed by atoms with E-state index in [1.807, 2.05) is 42.7 Å². The van der Waals surface area contributed by atoms with Gasteiger partial charge < -0.3 is 9.40 Å². The SMILES string of the molecule is CC(C)c1cc(-c2[c-]cccc2)nc[c]1[Ge]([CH3])([CH3])[CH3].[Ir].[c-]1ccc2c(oc3nccc(-c4ccccc4)c32)c1-c1cc(CC2CCCC2)ccn1. The van der Waals surface area contributed by atoms with Crippen molar-refractivity contribution in [2.45, 2.75) is 69.1 Å². The third-order valence-corrected chi connectivity index (χ3v) is 14.1. The quantitative estimate of drug-likeness (QED) is 0.118. The number of furan rings is 1. The second kappa shape index (κ2) is 16.2. The molecule has 8 rings (SSSR count). The molecule has 3 aromatic carbocycles. The number of rotatable bonds is 7. The maximum Gasteiger partial charge on any atom is 0.216 e. The first kappa shape index (κ1) is 36.9. The van der Waals surface area contributed by atoms with Crippen LogP contribution in [0.2, 0.25) is 17.3 Å². The van der Waals surface area contributed by atoms with Crippen molar-refractivity contribution in [3.8, 4) is 33.6 Å². The zero-order valence-electron chi connectivity index (χ0n) is 30.2. The first-order chi connectivity index (χ1) is 24.3. The Morgan fingerprint density at radius 3 is 2.29 bits per heavy atom. The second-order valence-corrected chi connectivity index (χ2v) is 25.4. The van der Waals surface area contributed by atoms with Crippen LogP contribution in [0.5, 0.6) is 0 Å². The molecule has 0 aliphatic heterocycles. The molecule has 1 saturated carbocycles. The molecule has 261 valence electrons. The molecular weight excluding hydrogens is 863 g/mol. The summed E-state index contributed by atoms with van der Waals surface area (Å²) >= 11 is -1.85. The van der Waals surface area contributed by atoms with Gasteiger partial charge in [0.2, 0.25) is 5.71 Å². The Balaban J connectivity index is 0.000000194. The molecule has 1 aliphatic carbocycles. The zero-order valence-corrected chi connectivity index (χ0v) is 34.7. The summed E-state index contributed by atoms with van der Waals surface area (Å²) in [5.74, 6) is 8.63. The molecule has 1 fully saturated rings.